The quantitative estimate of drug-likeness (QED) is 0.797. The summed E-state index contributed by atoms with van der Waals surface area (Å²) in [6.45, 7) is 5.04. The first-order valence-electron chi connectivity index (χ1n) is 9.67. The summed E-state index contributed by atoms with van der Waals surface area (Å²) >= 11 is 0. The first kappa shape index (κ1) is 21.3. The largest absolute Gasteiger partial charge is 0.459 e. The summed E-state index contributed by atoms with van der Waals surface area (Å²) in [6, 6.07) is 7.51. The Morgan fingerprint density at radius 1 is 1.10 bits per heavy atom. The lowest BCUT2D eigenvalue weighted by Crippen LogP contribution is -2.54. The number of furan rings is 1. The second kappa shape index (κ2) is 9.87. The lowest BCUT2D eigenvalue weighted by atomic mass is 10.1. The minimum absolute atomic E-state index is 0. The highest BCUT2D eigenvalue weighted by Gasteiger charge is 2.30. The van der Waals surface area contributed by atoms with Crippen molar-refractivity contribution in [2.45, 2.75) is 6.04 Å². The van der Waals surface area contributed by atoms with Crippen molar-refractivity contribution in [1.82, 2.24) is 25.0 Å². The SMILES string of the molecule is Cl.O=C(CN1CCNCC1c1cccnc1)N1CCN(C(=O)c2ccco2)CC1. The van der Waals surface area contributed by atoms with E-state index in [-0.39, 0.29) is 30.3 Å². The van der Waals surface area contributed by atoms with E-state index in [9.17, 15) is 9.59 Å². The van der Waals surface area contributed by atoms with Crippen LogP contribution in [0.2, 0.25) is 0 Å². The minimum atomic E-state index is -0.115. The van der Waals surface area contributed by atoms with Crippen molar-refractivity contribution in [2.75, 3.05) is 52.4 Å². The van der Waals surface area contributed by atoms with Crippen LogP contribution in [0, 0.1) is 0 Å². The molecule has 2 aromatic heterocycles. The average Bonchev–Trinajstić information content (AvgIpc) is 3.29. The van der Waals surface area contributed by atoms with E-state index in [1.54, 1.807) is 23.2 Å². The van der Waals surface area contributed by atoms with Crippen LogP contribution in [0.15, 0.2) is 47.3 Å². The Hall–Kier alpha value is -2.42. The van der Waals surface area contributed by atoms with Crippen LogP contribution in [0.25, 0.3) is 0 Å². The third-order valence-electron chi connectivity index (χ3n) is 5.41. The summed E-state index contributed by atoms with van der Waals surface area (Å²) in [6.07, 6.45) is 5.13. The third-order valence-corrected chi connectivity index (χ3v) is 5.41. The van der Waals surface area contributed by atoms with Gasteiger partial charge in [-0.25, -0.2) is 0 Å². The standard InChI is InChI=1S/C20H25N5O3.ClH/c26-19(15-25-7-6-22-14-17(25)16-3-1-5-21-13-16)23-8-10-24(11-9-23)20(27)18-4-2-12-28-18;/h1-5,12-13,17,22H,6-11,14-15H2;1H. The molecule has 2 saturated heterocycles. The molecule has 0 spiro atoms. The topological polar surface area (TPSA) is 81.9 Å². The zero-order valence-corrected chi connectivity index (χ0v) is 17.0. The van der Waals surface area contributed by atoms with Gasteiger partial charge in [0, 0.05) is 64.2 Å². The van der Waals surface area contributed by atoms with Gasteiger partial charge in [-0.3, -0.25) is 19.5 Å². The number of halogens is 1. The number of carbonyl (C=O) groups is 2. The molecule has 0 aromatic carbocycles. The van der Waals surface area contributed by atoms with Crippen LogP contribution in [0.5, 0.6) is 0 Å². The van der Waals surface area contributed by atoms with Crippen molar-refractivity contribution in [3.63, 3.8) is 0 Å². The van der Waals surface area contributed by atoms with Gasteiger partial charge in [0.15, 0.2) is 5.76 Å². The van der Waals surface area contributed by atoms with E-state index >= 15 is 0 Å². The first-order chi connectivity index (χ1) is 13.7. The van der Waals surface area contributed by atoms with E-state index in [0.29, 0.717) is 38.5 Å². The fourth-order valence-corrected chi connectivity index (χ4v) is 3.83. The van der Waals surface area contributed by atoms with Crippen molar-refractivity contribution in [3.05, 3.63) is 54.2 Å². The van der Waals surface area contributed by atoms with Crippen LogP contribution in [-0.4, -0.2) is 83.9 Å². The minimum Gasteiger partial charge on any atom is -0.459 e. The molecule has 1 atom stereocenters. The molecule has 4 heterocycles. The van der Waals surface area contributed by atoms with Gasteiger partial charge in [-0.1, -0.05) is 6.07 Å². The van der Waals surface area contributed by atoms with E-state index in [1.807, 2.05) is 17.2 Å². The molecule has 9 heteroatoms. The lowest BCUT2D eigenvalue weighted by molar-refractivity contribution is -0.134. The second-order valence-corrected chi connectivity index (χ2v) is 7.13. The van der Waals surface area contributed by atoms with Crippen molar-refractivity contribution >= 4 is 24.2 Å². The van der Waals surface area contributed by atoms with Gasteiger partial charge in [-0.15, -0.1) is 12.4 Å². The highest BCUT2D eigenvalue weighted by Crippen LogP contribution is 2.21. The van der Waals surface area contributed by atoms with E-state index < -0.39 is 0 Å². The zero-order chi connectivity index (χ0) is 19.3. The number of nitrogens with one attached hydrogen (secondary N) is 1. The van der Waals surface area contributed by atoms with Crippen molar-refractivity contribution < 1.29 is 14.0 Å². The molecule has 156 valence electrons. The highest BCUT2D eigenvalue weighted by atomic mass is 35.5. The number of carbonyl (C=O) groups excluding carboxylic acids is 2. The van der Waals surface area contributed by atoms with Gasteiger partial charge < -0.3 is 19.5 Å². The summed E-state index contributed by atoms with van der Waals surface area (Å²) in [4.78, 5) is 35.3. The monoisotopic (exact) mass is 419 g/mol. The summed E-state index contributed by atoms with van der Waals surface area (Å²) in [5, 5.41) is 3.40. The number of piperazine rings is 2. The fraction of sp³-hybridized carbons (Fsp3) is 0.450. The first-order valence-corrected chi connectivity index (χ1v) is 9.67. The van der Waals surface area contributed by atoms with Gasteiger partial charge in [0.25, 0.3) is 5.91 Å². The Morgan fingerprint density at radius 3 is 2.59 bits per heavy atom. The van der Waals surface area contributed by atoms with E-state index in [4.69, 9.17) is 4.42 Å². The molecule has 0 radical (unpaired) electrons. The fourth-order valence-electron chi connectivity index (χ4n) is 3.83. The second-order valence-electron chi connectivity index (χ2n) is 7.13. The molecule has 0 saturated carbocycles. The summed E-state index contributed by atoms with van der Waals surface area (Å²) in [7, 11) is 0. The summed E-state index contributed by atoms with van der Waals surface area (Å²) in [5.74, 6) is 0.344. The smallest absolute Gasteiger partial charge is 0.289 e. The van der Waals surface area contributed by atoms with Crippen LogP contribution in [-0.2, 0) is 4.79 Å². The van der Waals surface area contributed by atoms with Gasteiger partial charge in [0.1, 0.15) is 0 Å². The van der Waals surface area contributed by atoms with Crippen LogP contribution in [0.1, 0.15) is 22.2 Å². The molecule has 2 fully saturated rings. The molecule has 2 aliphatic rings. The lowest BCUT2D eigenvalue weighted by Gasteiger charge is -2.39. The van der Waals surface area contributed by atoms with Gasteiger partial charge in [0.05, 0.1) is 12.8 Å². The normalized spacial score (nSPS) is 20.2. The Labute approximate surface area is 176 Å². The van der Waals surface area contributed by atoms with Gasteiger partial charge in [-0.2, -0.15) is 0 Å². The van der Waals surface area contributed by atoms with Crippen LogP contribution in [0.3, 0.4) is 0 Å². The zero-order valence-electron chi connectivity index (χ0n) is 16.2. The van der Waals surface area contributed by atoms with E-state index in [0.717, 1.165) is 25.2 Å². The van der Waals surface area contributed by atoms with Crippen LogP contribution >= 0.6 is 12.4 Å². The van der Waals surface area contributed by atoms with Crippen LogP contribution in [0.4, 0.5) is 0 Å². The molecule has 4 rings (SSSR count). The Morgan fingerprint density at radius 2 is 1.90 bits per heavy atom. The van der Waals surface area contributed by atoms with Gasteiger partial charge >= 0.3 is 0 Å². The molecular weight excluding hydrogens is 394 g/mol. The predicted octanol–water partition coefficient (Wildman–Crippen LogP) is 1.03. The number of amides is 2. The summed E-state index contributed by atoms with van der Waals surface area (Å²) in [5.41, 5.74) is 1.12. The number of hydrogen-bond donors (Lipinski definition) is 1. The van der Waals surface area contributed by atoms with Crippen LogP contribution < -0.4 is 5.32 Å². The predicted molar refractivity (Wildman–Crippen MR) is 110 cm³/mol. The molecule has 0 bridgehead atoms. The molecule has 29 heavy (non-hydrogen) atoms. The number of pyridine rings is 1. The number of nitrogens with zero attached hydrogens (tertiary/aromatic N) is 4. The molecule has 8 nitrogen and oxygen atoms in total. The average molecular weight is 420 g/mol. The highest BCUT2D eigenvalue weighted by molar-refractivity contribution is 5.91. The molecule has 2 aliphatic heterocycles. The Kier molecular flexibility index (Phi) is 7.24. The van der Waals surface area contributed by atoms with E-state index in [2.05, 4.69) is 21.3 Å². The third kappa shape index (κ3) is 4.95. The van der Waals surface area contributed by atoms with Crippen molar-refractivity contribution in [1.29, 1.82) is 0 Å². The Balaban J connectivity index is 0.00000240. The van der Waals surface area contributed by atoms with E-state index in [1.165, 1.54) is 6.26 Å². The molecule has 1 unspecified atom stereocenters. The Bertz CT molecular complexity index is 794. The molecule has 2 amide bonds. The van der Waals surface area contributed by atoms with Crippen molar-refractivity contribution in [3.8, 4) is 0 Å². The van der Waals surface area contributed by atoms with Gasteiger partial charge in [0.2, 0.25) is 5.91 Å². The maximum Gasteiger partial charge on any atom is 0.289 e. The number of rotatable bonds is 4. The number of hydrogen-bond acceptors (Lipinski definition) is 6. The molecule has 2 aromatic rings. The number of aromatic nitrogens is 1. The maximum atomic E-state index is 12.9. The van der Waals surface area contributed by atoms with Gasteiger partial charge in [-0.05, 0) is 23.8 Å². The summed E-state index contributed by atoms with van der Waals surface area (Å²) < 4.78 is 5.19. The molecular formula is C20H26ClN5O3. The maximum absolute atomic E-state index is 12.9. The molecule has 0 aliphatic carbocycles. The van der Waals surface area contributed by atoms with Crippen molar-refractivity contribution in [2.24, 2.45) is 0 Å². The molecule has 1 N–H and O–H groups in total.